The largest absolute Gasteiger partial charge is 0.444 e. The molecule has 1 amide bonds. The average molecular weight is 490 g/mol. The number of rotatable bonds is 4. The second-order valence-electron chi connectivity index (χ2n) is 6.82. The summed E-state index contributed by atoms with van der Waals surface area (Å²) in [6.45, 7) is 1.86. The minimum Gasteiger partial charge on any atom is -0.444 e. The van der Waals surface area contributed by atoms with Gasteiger partial charge in [0.15, 0.2) is 10.4 Å². The van der Waals surface area contributed by atoms with Gasteiger partial charge >= 0.3 is 6.18 Å². The molecular formula is C22H15BrF3N3O2. The van der Waals surface area contributed by atoms with Gasteiger partial charge in [-0.3, -0.25) is 4.79 Å². The summed E-state index contributed by atoms with van der Waals surface area (Å²) in [6, 6.07) is 15.1. The molecule has 0 fully saturated rings. The molecular weight excluding hydrogens is 475 g/mol. The van der Waals surface area contributed by atoms with Crippen LogP contribution in [-0.2, 0) is 6.18 Å². The Bertz CT molecular complexity index is 1280. The van der Waals surface area contributed by atoms with Crippen molar-refractivity contribution in [3.8, 4) is 0 Å². The number of amides is 1. The summed E-state index contributed by atoms with van der Waals surface area (Å²) in [4.78, 5) is 16.7. The van der Waals surface area contributed by atoms with E-state index in [0.717, 1.165) is 23.1 Å². The highest BCUT2D eigenvalue weighted by molar-refractivity contribution is 9.10. The lowest BCUT2D eigenvalue weighted by Gasteiger charge is -2.12. The van der Waals surface area contributed by atoms with Crippen LogP contribution in [0.3, 0.4) is 0 Å². The Balaban J connectivity index is 1.58. The van der Waals surface area contributed by atoms with Gasteiger partial charge in [-0.05, 0) is 83.0 Å². The van der Waals surface area contributed by atoms with Crippen molar-refractivity contribution >= 4 is 49.9 Å². The van der Waals surface area contributed by atoms with Crippen molar-refractivity contribution in [2.24, 2.45) is 0 Å². The molecule has 2 N–H and O–H groups in total. The fraction of sp³-hybridized carbons (Fsp3) is 0.0909. The molecule has 0 aliphatic carbocycles. The van der Waals surface area contributed by atoms with E-state index in [1.54, 1.807) is 42.5 Å². The molecule has 158 valence electrons. The highest BCUT2D eigenvalue weighted by atomic mass is 79.9. The van der Waals surface area contributed by atoms with Gasteiger partial charge in [0.05, 0.1) is 11.1 Å². The fourth-order valence-electron chi connectivity index (χ4n) is 3.09. The number of carbonyl (C=O) groups excluding carboxylic acids is 1. The van der Waals surface area contributed by atoms with Crippen LogP contribution in [-0.4, -0.2) is 10.9 Å². The Morgan fingerprint density at radius 3 is 2.55 bits per heavy atom. The van der Waals surface area contributed by atoms with Crippen LogP contribution in [0.2, 0.25) is 0 Å². The van der Waals surface area contributed by atoms with Gasteiger partial charge in [0.2, 0.25) is 0 Å². The van der Waals surface area contributed by atoms with E-state index in [2.05, 4.69) is 31.5 Å². The van der Waals surface area contributed by atoms with Crippen molar-refractivity contribution in [1.29, 1.82) is 0 Å². The van der Waals surface area contributed by atoms with Crippen LogP contribution < -0.4 is 10.6 Å². The molecule has 0 aliphatic rings. The number of pyridine rings is 1. The van der Waals surface area contributed by atoms with Crippen LogP contribution in [0.25, 0.3) is 10.9 Å². The van der Waals surface area contributed by atoms with Gasteiger partial charge in [-0.2, -0.15) is 13.2 Å². The van der Waals surface area contributed by atoms with Crippen LogP contribution in [0.1, 0.15) is 21.7 Å². The summed E-state index contributed by atoms with van der Waals surface area (Å²) < 4.78 is 44.5. The van der Waals surface area contributed by atoms with Crippen molar-refractivity contribution in [2.45, 2.75) is 13.1 Å². The fourth-order valence-corrected chi connectivity index (χ4v) is 3.39. The number of hydrogen-bond donors (Lipinski definition) is 2. The SMILES string of the molecule is Cc1cc(Nc2cccc(C(F)(F)F)c2)nc2ccc(NC(=O)c3ccc(Br)o3)cc12. The molecule has 2 heterocycles. The van der Waals surface area contributed by atoms with E-state index in [1.807, 2.05) is 6.92 Å². The van der Waals surface area contributed by atoms with Crippen LogP contribution in [0.4, 0.5) is 30.4 Å². The topological polar surface area (TPSA) is 67.2 Å². The van der Waals surface area contributed by atoms with Crippen LogP contribution >= 0.6 is 15.9 Å². The summed E-state index contributed by atoms with van der Waals surface area (Å²) in [7, 11) is 0. The third kappa shape index (κ3) is 4.72. The first-order valence-corrected chi connectivity index (χ1v) is 9.91. The number of anilines is 3. The molecule has 0 bridgehead atoms. The van der Waals surface area contributed by atoms with E-state index in [0.29, 0.717) is 21.7 Å². The van der Waals surface area contributed by atoms with Crippen molar-refractivity contribution < 1.29 is 22.4 Å². The second kappa shape index (κ2) is 8.07. The maximum atomic E-state index is 12.9. The monoisotopic (exact) mass is 489 g/mol. The molecule has 4 aromatic rings. The third-order valence-corrected chi connectivity index (χ3v) is 4.96. The zero-order valence-corrected chi connectivity index (χ0v) is 17.6. The number of fused-ring (bicyclic) bond motifs is 1. The third-order valence-electron chi connectivity index (χ3n) is 4.53. The number of carbonyl (C=O) groups is 1. The normalized spacial score (nSPS) is 11.5. The van der Waals surface area contributed by atoms with E-state index >= 15 is 0 Å². The molecule has 0 spiro atoms. The minimum absolute atomic E-state index is 0.169. The number of hydrogen-bond acceptors (Lipinski definition) is 4. The lowest BCUT2D eigenvalue weighted by atomic mass is 10.1. The van der Waals surface area contributed by atoms with Crippen LogP contribution in [0.15, 0.2) is 69.8 Å². The van der Waals surface area contributed by atoms with Gasteiger partial charge in [-0.1, -0.05) is 6.07 Å². The van der Waals surface area contributed by atoms with E-state index in [-0.39, 0.29) is 11.4 Å². The number of furan rings is 1. The highest BCUT2D eigenvalue weighted by Gasteiger charge is 2.30. The molecule has 0 atom stereocenters. The first kappa shape index (κ1) is 20.9. The summed E-state index contributed by atoms with van der Waals surface area (Å²) >= 11 is 3.16. The summed E-state index contributed by atoms with van der Waals surface area (Å²) in [5, 5.41) is 6.48. The van der Waals surface area contributed by atoms with Gasteiger partial charge in [-0.25, -0.2) is 4.98 Å². The van der Waals surface area contributed by atoms with Gasteiger partial charge in [-0.15, -0.1) is 0 Å². The zero-order chi connectivity index (χ0) is 22.2. The number of halogens is 4. The zero-order valence-electron chi connectivity index (χ0n) is 16.0. The molecule has 31 heavy (non-hydrogen) atoms. The summed E-state index contributed by atoms with van der Waals surface area (Å²) in [5.74, 6) is 0.197. The van der Waals surface area contributed by atoms with Crippen molar-refractivity contribution in [3.05, 3.63) is 82.2 Å². The quantitative estimate of drug-likeness (QED) is 0.326. The second-order valence-corrected chi connectivity index (χ2v) is 7.60. The van der Waals surface area contributed by atoms with Gasteiger partial charge in [0, 0.05) is 16.8 Å². The van der Waals surface area contributed by atoms with Crippen molar-refractivity contribution in [1.82, 2.24) is 4.98 Å². The van der Waals surface area contributed by atoms with Gasteiger partial charge in [0.25, 0.3) is 5.91 Å². The first-order chi connectivity index (χ1) is 14.7. The lowest BCUT2D eigenvalue weighted by Crippen LogP contribution is -2.10. The number of aromatic nitrogens is 1. The maximum Gasteiger partial charge on any atom is 0.416 e. The Hall–Kier alpha value is -3.33. The van der Waals surface area contributed by atoms with Crippen molar-refractivity contribution in [2.75, 3.05) is 10.6 Å². The molecule has 2 aromatic carbocycles. The molecule has 0 radical (unpaired) electrons. The predicted octanol–water partition coefficient (Wildman–Crippen LogP) is 6.91. The molecule has 0 aliphatic heterocycles. The highest BCUT2D eigenvalue weighted by Crippen LogP contribution is 2.32. The summed E-state index contributed by atoms with van der Waals surface area (Å²) in [6.07, 6.45) is -4.42. The lowest BCUT2D eigenvalue weighted by molar-refractivity contribution is -0.137. The van der Waals surface area contributed by atoms with Gasteiger partial charge in [0.1, 0.15) is 5.82 Å². The smallest absolute Gasteiger partial charge is 0.416 e. The molecule has 0 unspecified atom stereocenters. The number of nitrogens with one attached hydrogen (secondary N) is 2. The Morgan fingerprint density at radius 1 is 1.03 bits per heavy atom. The van der Waals surface area contributed by atoms with E-state index in [4.69, 9.17) is 4.42 Å². The standard InChI is InChI=1S/C22H15BrF3N3O2/c1-12-9-20(27-14-4-2-3-13(10-14)22(24,25)26)29-17-6-5-15(11-16(12)17)28-21(30)18-7-8-19(23)31-18/h2-11H,1H3,(H,27,29)(H,28,30). The maximum absolute atomic E-state index is 12.9. The number of benzene rings is 2. The molecule has 4 rings (SSSR count). The molecule has 5 nitrogen and oxygen atoms in total. The molecule has 2 aromatic heterocycles. The molecule has 0 saturated heterocycles. The van der Waals surface area contributed by atoms with E-state index in [9.17, 15) is 18.0 Å². The Kier molecular flexibility index (Phi) is 5.45. The number of alkyl halides is 3. The average Bonchev–Trinajstić information content (AvgIpc) is 3.15. The Labute approximate surface area is 183 Å². The van der Waals surface area contributed by atoms with Gasteiger partial charge < -0.3 is 15.1 Å². The van der Waals surface area contributed by atoms with Crippen LogP contribution in [0.5, 0.6) is 0 Å². The van der Waals surface area contributed by atoms with E-state index < -0.39 is 17.6 Å². The van der Waals surface area contributed by atoms with Crippen molar-refractivity contribution in [3.63, 3.8) is 0 Å². The number of nitrogens with zero attached hydrogens (tertiary/aromatic N) is 1. The number of aryl methyl sites for hydroxylation is 1. The predicted molar refractivity (Wildman–Crippen MR) is 116 cm³/mol. The summed E-state index contributed by atoms with van der Waals surface area (Å²) in [5.41, 5.74) is 1.59. The molecule has 9 heteroatoms. The van der Waals surface area contributed by atoms with Crippen LogP contribution in [0, 0.1) is 6.92 Å². The molecule has 0 saturated carbocycles. The minimum atomic E-state index is -4.42. The van der Waals surface area contributed by atoms with E-state index in [1.165, 1.54) is 6.07 Å². The Morgan fingerprint density at radius 2 is 1.84 bits per heavy atom. The first-order valence-electron chi connectivity index (χ1n) is 9.11.